The third kappa shape index (κ3) is 4.28. The van der Waals surface area contributed by atoms with Crippen molar-refractivity contribution in [1.82, 2.24) is 25.4 Å². The van der Waals surface area contributed by atoms with E-state index in [1.54, 1.807) is 19.1 Å². The molecule has 3 amide bonds. The van der Waals surface area contributed by atoms with Gasteiger partial charge >= 0.3 is 6.03 Å². The number of thioether (sulfide) groups is 1. The van der Waals surface area contributed by atoms with Crippen LogP contribution in [0.4, 0.5) is 4.79 Å². The van der Waals surface area contributed by atoms with Crippen molar-refractivity contribution in [3.63, 3.8) is 0 Å². The quantitative estimate of drug-likeness (QED) is 0.728. The third-order valence-corrected chi connectivity index (χ3v) is 5.14. The number of hydrogen-bond donors (Lipinski definition) is 2. The molecule has 3 rings (SSSR count). The number of rotatable bonds is 6. The van der Waals surface area contributed by atoms with Crippen LogP contribution >= 0.6 is 23.4 Å². The number of nitrogens with zero attached hydrogens (tertiary/aromatic N) is 3. The fourth-order valence-corrected chi connectivity index (χ4v) is 3.29. The number of carbonyl (C=O) groups excluding carboxylic acids is 2. The molecule has 1 fully saturated rings. The van der Waals surface area contributed by atoms with Crippen LogP contribution in [0.2, 0.25) is 5.02 Å². The first kappa shape index (κ1) is 18.5. The topological polar surface area (TPSA) is 100 Å². The highest BCUT2D eigenvalue weighted by molar-refractivity contribution is 8.00. The lowest BCUT2D eigenvalue weighted by atomic mass is 10.2. The first-order valence-electron chi connectivity index (χ1n) is 8.00. The van der Waals surface area contributed by atoms with Gasteiger partial charge in [0.1, 0.15) is 12.4 Å². The van der Waals surface area contributed by atoms with Crippen LogP contribution in [0.3, 0.4) is 0 Å². The minimum Gasteiger partial charge on any atom is -0.486 e. The van der Waals surface area contributed by atoms with E-state index in [2.05, 4.69) is 20.5 Å². The molecular formula is C16H18ClN5O3S. The Morgan fingerprint density at radius 3 is 3.00 bits per heavy atom. The maximum Gasteiger partial charge on any atom is 0.324 e. The molecule has 26 heavy (non-hydrogen) atoms. The molecule has 1 atom stereocenters. The Labute approximate surface area is 159 Å². The Morgan fingerprint density at radius 2 is 2.31 bits per heavy atom. The lowest BCUT2D eigenvalue weighted by molar-refractivity contribution is -0.126. The summed E-state index contributed by atoms with van der Waals surface area (Å²) in [6.07, 6.45) is 0. The average Bonchev–Trinajstić information content (AvgIpc) is 3.24. The van der Waals surface area contributed by atoms with E-state index in [0.717, 1.165) is 5.56 Å². The lowest BCUT2D eigenvalue weighted by Crippen LogP contribution is -2.38. The molecule has 0 radical (unpaired) electrons. The summed E-state index contributed by atoms with van der Waals surface area (Å²) in [6, 6.07) is 5.04. The molecule has 8 nitrogen and oxygen atoms in total. The molecule has 138 valence electrons. The zero-order valence-corrected chi connectivity index (χ0v) is 15.9. The summed E-state index contributed by atoms with van der Waals surface area (Å²) < 4.78 is 5.66. The molecular weight excluding hydrogens is 378 g/mol. The van der Waals surface area contributed by atoms with Gasteiger partial charge in [0, 0.05) is 18.1 Å². The predicted molar refractivity (Wildman–Crippen MR) is 97.3 cm³/mol. The molecule has 1 saturated heterocycles. The second-order valence-electron chi connectivity index (χ2n) is 5.75. The van der Waals surface area contributed by atoms with Crippen LogP contribution in [0.5, 0.6) is 5.75 Å². The Balaban J connectivity index is 1.54. The standard InChI is InChI=1S/C16H18ClN5O3S/c1-9-7-11(3-4-12(9)17)25-8-13-19-15(21-20-13)26-10(2)14(23)22-6-5-18-16(22)24/h3-4,7,10H,5-6,8H2,1-2H3,(H,18,24)(H,19,20,21)/t10-/m1/s1. The summed E-state index contributed by atoms with van der Waals surface area (Å²) in [7, 11) is 0. The number of aromatic nitrogens is 3. The van der Waals surface area contributed by atoms with Gasteiger partial charge in [-0.25, -0.2) is 9.78 Å². The summed E-state index contributed by atoms with van der Waals surface area (Å²) in [6.45, 7) is 4.70. The molecule has 0 aliphatic carbocycles. The number of H-pyrrole nitrogens is 1. The number of amides is 3. The largest absolute Gasteiger partial charge is 0.486 e. The molecule has 2 aromatic rings. The third-order valence-electron chi connectivity index (χ3n) is 3.77. The average molecular weight is 396 g/mol. The van der Waals surface area contributed by atoms with Crippen molar-refractivity contribution in [1.29, 1.82) is 0 Å². The van der Waals surface area contributed by atoms with Gasteiger partial charge in [-0.05, 0) is 37.6 Å². The van der Waals surface area contributed by atoms with Crippen LogP contribution in [0.1, 0.15) is 18.3 Å². The summed E-state index contributed by atoms with van der Waals surface area (Å²) in [5.41, 5.74) is 0.927. The van der Waals surface area contributed by atoms with Gasteiger partial charge in [-0.2, -0.15) is 0 Å². The Hall–Kier alpha value is -2.26. The lowest BCUT2D eigenvalue weighted by Gasteiger charge is -2.15. The molecule has 1 aromatic carbocycles. The summed E-state index contributed by atoms with van der Waals surface area (Å²) >= 11 is 7.18. The number of halogens is 1. The van der Waals surface area contributed by atoms with Crippen LogP contribution in [0.25, 0.3) is 0 Å². The van der Waals surface area contributed by atoms with Crippen molar-refractivity contribution in [2.24, 2.45) is 0 Å². The van der Waals surface area contributed by atoms with E-state index in [4.69, 9.17) is 16.3 Å². The SMILES string of the molecule is Cc1cc(OCc2nc(S[C@H](C)C(=O)N3CCNC3=O)n[nH]2)ccc1Cl. The van der Waals surface area contributed by atoms with Gasteiger partial charge in [-0.1, -0.05) is 23.4 Å². The molecule has 0 unspecified atom stereocenters. The molecule has 0 bridgehead atoms. The Bertz CT molecular complexity index is 828. The number of imide groups is 1. The van der Waals surface area contributed by atoms with E-state index in [-0.39, 0.29) is 18.5 Å². The number of ether oxygens (including phenoxy) is 1. The second-order valence-corrected chi connectivity index (χ2v) is 7.46. The van der Waals surface area contributed by atoms with Crippen LogP contribution in [-0.2, 0) is 11.4 Å². The predicted octanol–water partition coefficient (Wildman–Crippen LogP) is 2.38. The number of carbonyl (C=O) groups is 2. The van der Waals surface area contributed by atoms with E-state index in [1.165, 1.54) is 16.7 Å². The van der Waals surface area contributed by atoms with Crippen molar-refractivity contribution in [3.8, 4) is 5.75 Å². The molecule has 2 heterocycles. The highest BCUT2D eigenvalue weighted by Crippen LogP contribution is 2.23. The van der Waals surface area contributed by atoms with Gasteiger partial charge in [0.25, 0.3) is 0 Å². The molecule has 2 N–H and O–H groups in total. The normalized spacial score (nSPS) is 15.0. The highest BCUT2D eigenvalue weighted by Gasteiger charge is 2.30. The van der Waals surface area contributed by atoms with Crippen molar-refractivity contribution < 1.29 is 14.3 Å². The van der Waals surface area contributed by atoms with Crippen molar-refractivity contribution in [3.05, 3.63) is 34.6 Å². The Kier molecular flexibility index (Phi) is 5.67. The number of nitrogens with one attached hydrogen (secondary N) is 2. The molecule has 0 spiro atoms. The van der Waals surface area contributed by atoms with E-state index in [9.17, 15) is 9.59 Å². The monoisotopic (exact) mass is 395 g/mol. The number of urea groups is 1. The maximum atomic E-state index is 12.3. The first-order valence-corrected chi connectivity index (χ1v) is 9.26. The van der Waals surface area contributed by atoms with Gasteiger partial charge < -0.3 is 10.1 Å². The number of aromatic amines is 1. The van der Waals surface area contributed by atoms with Crippen LogP contribution in [-0.4, -0.2) is 50.4 Å². The van der Waals surface area contributed by atoms with Gasteiger partial charge in [0.05, 0.1) is 5.25 Å². The van der Waals surface area contributed by atoms with Crippen LogP contribution in [0, 0.1) is 6.92 Å². The van der Waals surface area contributed by atoms with Crippen molar-refractivity contribution in [2.45, 2.75) is 30.9 Å². The van der Waals surface area contributed by atoms with E-state index >= 15 is 0 Å². The summed E-state index contributed by atoms with van der Waals surface area (Å²) in [5, 5.41) is 10.1. The van der Waals surface area contributed by atoms with Crippen molar-refractivity contribution in [2.75, 3.05) is 13.1 Å². The van der Waals surface area contributed by atoms with E-state index < -0.39 is 5.25 Å². The minimum atomic E-state index is -0.470. The van der Waals surface area contributed by atoms with Crippen LogP contribution < -0.4 is 10.1 Å². The molecule has 10 heteroatoms. The van der Waals surface area contributed by atoms with E-state index in [1.807, 2.05) is 13.0 Å². The molecule has 1 aliphatic heterocycles. The summed E-state index contributed by atoms with van der Waals surface area (Å²) in [4.78, 5) is 29.4. The first-order chi connectivity index (χ1) is 12.4. The fourth-order valence-electron chi connectivity index (χ4n) is 2.36. The van der Waals surface area contributed by atoms with Gasteiger partial charge in [-0.3, -0.25) is 14.8 Å². The number of hydrogen-bond acceptors (Lipinski definition) is 6. The zero-order valence-electron chi connectivity index (χ0n) is 14.3. The van der Waals surface area contributed by atoms with E-state index in [0.29, 0.717) is 34.8 Å². The minimum absolute atomic E-state index is 0.214. The van der Waals surface area contributed by atoms with Gasteiger partial charge in [0.2, 0.25) is 11.1 Å². The smallest absolute Gasteiger partial charge is 0.324 e. The van der Waals surface area contributed by atoms with Crippen molar-refractivity contribution >= 4 is 35.3 Å². The maximum absolute atomic E-state index is 12.3. The number of aryl methyl sites for hydroxylation is 1. The highest BCUT2D eigenvalue weighted by atomic mass is 35.5. The summed E-state index contributed by atoms with van der Waals surface area (Å²) in [5.74, 6) is 0.962. The molecule has 1 aliphatic rings. The Morgan fingerprint density at radius 1 is 1.50 bits per heavy atom. The number of benzene rings is 1. The fraction of sp³-hybridized carbons (Fsp3) is 0.375. The van der Waals surface area contributed by atoms with Gasteiger partial charge in [0.15, 0.2) is 5.82 Å². The van der Waals surface area contributed by atoms with Crippen LogP contribution in [0.15, 0.2) is 23.4 Å². The molecule has 1 aromatic heterocycles. The zero-order chi connectivity index (χ0) is 18.7. The molecule has 0 saturated carbocycles. The second kappa shape index (κ2) is 7.96. The van der Waals surface area contributed by atoms with Gasteiger partial charge in [-0.15, -0.1) is 5.10 Å².